The van der Waals surface area contributed by atoms with Crippen LogP contribution < -0.4 is 14.2 Å². The van der Waals surface area contributed by atoms with E-state index in [1.54, 1.807) is 12.1 Å². The maximum absolute atomic E-state index is 11.1. The number of carbonyl (C=O) groups is 1. The Morgan fingerprint density at radius 1 is 1.30 bits per heavy atom. The molecule has 0 spiro atoms. The van der Waals surface area contributed by atoms with Crippen LogP contribution in [0.4, 0.5) is 0 Å². The van der Waals surface area contributed by atoms with Crippen molar-refractivity contribution in [3.63, 3.8) is 0 Å². The summed E-state index contributed by atoms with van der Waals surface area (Å²) in [5.41, 5.74) is 0.514. The lowest BCUT2D eigenvalue weighted by molar-refractivity contribution is 0.111. The molecule has 0 aromatic heterocycles. The molecule has 0 aliphatic carbocycles. The molecule has 0 saturated carbocycles. The van der Waals surface area contributed by atoms with Crippen molar-refractivity contribution in [3.05, 3.63) is 17.7 Å². The van der Waals surface area contributed by atoms with Gasteiger partial charge in [-0.2, -0.15) is 0 Å². The number of benzene rings is 1. The molecule has 4 nitrogen and oxygen atoms in total. The van der Waals surface area contributed by atoms with Crippen molar-refractivity contribution in [2.24, 2.45) is 5.92 Å². The van der Waals surface area contributed by atoms with E-state index < -0.39 is 0 Å². The van der Waals surface area contributed by atoms with Gasteiger partial charge in [-0.25, -0.2) is 0 Å². The van der Waals surface area contributed by atoms with E-state index in [-0.39, 0.29) is 6.79 Å². The van der Waals surface area contributed by atoms with Gasteiger partial charge in [0.25, 0.3) is 0 Å². The maximum Gasteiger partial charge on any atom is 0.231 e. The van der Waals surface area contributed by atoms with Crippen LogP contribution in [0.25, 0.3) is 0 Å². The summed E-state index contributed by atoms with van der Waals surface area (Å²) in [5, 5.41) is 0. The topological polar surface area (TPSA) is 44.8 Å². The average molecular weight is 278 g/mol. The third-order valence-corrected chi connectivity index (χ3v) is 3.65. The molecule has 4 heteroatoms. The first-order valence-electron chi connectivity index (χ1n) is 7.30. The zero-order valence-electron chi connectivity index (χ0n) is 12.2. The summed E-state index contributed by atoms with van der Waals surface area (Å²) >= 11 is 0. The van der Waals surface area contributed by atoms with Crippen molar-refractivity contribution >= 4 is 6.29 Å². The van der Waals surface area contributed by atoms with Crippen LogP contribution in [0, 0.1) is 5.92 Å². The van der Waals surface area contributed by atoms with Crippen LogP contribution in [0.15, 0.2) is 12.1 Å². The Bertz CT molecular complexity index is 456. The predicted octanol–water partition coefficient (Wildman–Crippen LogP) is 3.82. The third-order valence-electron chi connectivity index (χ3n) is 3.65. The maximum atomic E-state index is 11.1. The van der Waals surface area contributed by atoms with Crippen molar-refractivity contribution in [2.75, 3.05) is 13.4 Å². The summed E-state index contributed by atoms with van der Waals surface area (Å²) in [4.78, 5) is 11.1. The molecule has 0 saturated heterocycles. The molecule has 0 N–H and O–H groups in total. The van der Waals surface area contributed by atoms with Crippen LogP contribution in [-0.2, 0) is 0 Å². The third kappa shape index (κ3) is 3.44. The van der Waals surface area contributed by atoms with Gasteiger partial charge in [0.15, 0.2) is 17.8 Å². The second kappa shape index (κ2) is 7.17. The summed E-state index contributed by atoms with van der Waals surface area (Å²) in [6.07, 6.45) is 5.45. The molecular weight excluding hydrogens is 256 g/mol. The lowest BCUT2D eigenvalue weighted by Crippen LogP contribution is -2.12. The zero-order valence-corrected chi connectivity index (χ0v) is 12.2. The Kier molecular flexibility index (Phi) is 5.27. The lowest BCUT2D eigenvalue weighted by Gasteiger charge is -2.16. The Hall–Kier alpha value is -1.71. The van der Waals surface area contributed by atoms with Crippen molar-refractivity contribution in [1.29, 1.82) is 0 Å². The normalized spacial score (nSPS) is 14.1. The van der Waals surface area contributed by atoms with E-state index in [1.807, 2.05) is 0 Å². The first-order chi connectivity index (χ1) is 9.78. The number of unbranched alkanes of at least 4 members (excludes halogenated alkanes) is 1. The minimum Gasteiger partial charge on any atom is -0.492 e. The number of aldehydes is 1. The predicted molar refractivity (Wildman–Crippen MR) is 76.8 cm³/mol. The Labute approximate surface area is 120 Å². The highest BCUT2D eigenvalue weighted by atomic mass is 16.7. The molecule has 0 radical (unpaired) electrons. The second-order valence-electron chi connectivity index (χ2n) is 5.09. The van der Waals surface area contributed by atoms with E-state index in [2.05, 4.69) is 13.8 Å². The molecule has 1 aliphatic heterocycles. The fourth-order valence-corrected chi connectivity index (χ4v) is 2.26. The highest BCUT2D eigenvalue weighted by Gasteiger charge is 2.18. The van der Waals surface area contributed by atoms with E-state index in [4.69, 9.17) is 14.2 Å². The molecule has 0 amide bonds. The van der Waals surface area contributed by atoms with Gasteiger partial charge in [-0.1, -0.05) is 33.1 Å². The van der Waals surface area contributed by atoms with Gasteiger partial charge in [0, 0.05) is 6.07 Å². The number of hydrogen-bond donors (Lipinski definition) is 0. The number of fused-ring (bicyclic) bond motifs is 1. The number of rotatable bonds is 8. The van der Waals surface area contributed by atoms with Crippen LogP contribution in [-0.4, -0.2) is 19.7 Å². The van der Waals surface area contributed by atoms with Crippen LogP contribution in [0.3, 0.4) is 0 Å². The van der Waals surface area contributed by atoms with Gasteiger partial charge in [-0.15, -0.1) is 0 Å². The number of ether oxygens (including phenoxy) is 3. The fraction of sp³-hybridized carbons (Fsp3) is 0.562. The van der Waals surface area contributed by atoms with Gasteiger partial charge in [0.05, 0.1) is 12.2 Å². The Balaban J connectivity index is 2.03. The van der Waals surface area contributed by atoms with Crippen molar-refractivity contribution in [3.8, 4) is 17.2 Å². The lowest BCUT2D eigenvalue weighted by atomic mass is 10.0. The van der Waals surface area contributed by atoms with Crippen molar-refractivity contribution in [2.45, 2.75) is 39.5 Å². The van der Waals surface area contributed by atoms with Gasteiger partial charge >= 0.3 is 0 Å². The van der Waals surface area contributed by atoms with Crippen molar-refractivity contribution in [1.82, 2.24) is 0 Å². The number of hydrogen-bond acceptors (Lipinski definition) is 4. The Morgan fingerprint density at radius 3 is 2.70 bits per heavy atom. The van der Waals surface area contributed by atoms with E-state index in [1.165, 1.54) is 12.8 Å². The SMILES string of the molecule is CCCCC(CC)COc1cc2c(cc1C=O)OCO2. The first-order valence-corrected chi connectivity index (χ1v) is 7.30. The summed E-state index contributed by atoms with van der Waals surface area (Å²) in [5.74, 6) is 2.36. The minimum atomic E-state index is 0.200. The zero-order chi connectivity index (χ0) is 14.4. The van der Waals surface area contributed by atoms with Crippen LogP contribution in [0.5, 0.6) is 17.2 Å². The minimum absolute atomic E-state index is 0.200. The van der Waals surface area contributed by atoms with Crippen molar-refractivity contribution < 1.29 is 19.0 Å². The standard InChI is InChI=1S/C16H22O4/c1-3-5-6-12(4-2)10-18-14-8-16-15(19-11-20-16)7-13(14)9-17/h7-9,12H,3-6,10-11H2,1-2H3. The monoisotopic (exact) mass is 278 g/mol. The highest BCUT2D eigenvalue weighted by molar-refractivity contribution is 5.81. The fourth-order valence-electron chi connectivity index (χ4n) is 2.26. The molecule has 20 heavy (non-hydrogen) atoms. The van der Waals surface area contributed by atoms with Gasteiger partial charge in [-0.3, -0.25) is 4.79 Å². The molecule has 1 aromatic rings. The molecule has 2 rings (SSSR count). The molecule has 1 aliphatic rings. The van der Waals surface area contributed by atoms with E-state index in [0.717, 1.165) is 19.1 Å². The molecule has 110 valence electrons. The van der Waals surface area contributed by atoms with Crippen LogP contribution >= 0.6 is 0 Å². The summed E-state index contributed by atoms with van der Waals surface area (Å²) in [7, 11) is 0. The second-order valence-corrected chi connectivity index (χ2v) is 5.09. The molecule has 1 heterocycles. The van der Waals surface area contributed by atoms with E-state index in [9.17, 15) is 4.79 Å². The van der Waals surface area contributed by atoms with Crippen LogP contribution in [0.1, 0.15) is 49.9 Å². The van der Waals surface area contributed by atoms with Crippen LogP contribution in [0.2, 0.25) is 0 Å². The molecule has 1 atom stereocenters. The summed E-state index contributed by atoms with van der Waals surface area (Å²) in [6, 6.07) is 3.43. The van der Waals surface area contributed by atoms with E-state index >= 15 is 0 Å². The molecule has 1 aromatic carbocycles. The summed E-state index contributed by atoms with van der Waals surface area (Å²) < 4.78 is 16.4. The molecular formula is C16H22O4. The smallest absolute Gasteiger partial charge is 0.231 e. The molecule has 0 bridgehead atoms. The molecule has 0 fully saturated rings. The van der Waals surface area contributed by atoms with Gasteiger partial charge < -0.3 is 14.2 Å². The first kappa shape index (κ1) is 14.7. The largest absolute Gasteiger partial charge is 0.492 e. The quantitative estimate of drug-likeness (QED) is 0.678. The Morgan fingerprint density at radius 2 is 2.05 bits per heavy atom. The highest BCUT2D eigenvalue weighted by Crippen LogP contribution is 2.37. The van der Waals surface area contributed by atoms with Gasteiger partial charge in [0.1, 0.15) is 5.75 Å². The van der Waals surface area contributed by atoms with Gasteiger partial charge in [0.2, 0.25) is 6.79 Å². The number of carbonyl (C=O) groups excluding carboxylic acids is 1. The van der Waals surface area contributed by atoms with Gasteiger partial charge in [-0.05, 0) is 18.4 Å². The van der Waals surface area contributed by atoms with E-state index in [0.29, 0.717) is 35.3 Å². The average Bonchev–Trinajstić information content (AvgIpc) is 2.93. The molecule has 1 unspecified atom stereocenters. The summed E-state index contributed by atoms with van der Waals surface area (Å²) in [6.45, 7) is 5.20.